The highest BCUT2D eigenvalue weighted by atomic mass is 79.9. The summed E-state index contributed by atoms with van der Waals surface area (Å²) < 4.78 is 0.954. The zero-order valence-corrected chi connectivity index (χ0v) is 11.9. The maximum absolute atomic E-state index is 12.1. The van der Waals surface area contributed by atoms with E-state index in [9.17, 15) is 9.59 Å². The lowest BCUT2D eigenvalue weighted by molar-refractivity contribution is 0.0660. The van der Waals surface area contributed by atoms with Crippen LogP contribution in [-0.4, -0.2) is 23.0 Å². The standard InChI is InChI=1S/C15H9BrN2O2/c16-11-7-5-10(6-8-11)9-17-18-14(19)12-3-1-2-4-13(12)15(18)20/h1-9H/b17-9-. The Kier molecular flexibility index (Phi) is 3.20. The summed E-state index contributed by atoms with van der Waals surface area (Å²) in [6, 6.07) is 14.1. The van der Waals surface area contributed by atoms with Gasteiger partial charge in [-0.15, -0.1) is 0 Å². The molecule has 0 saturated carbocycles. The van der Waals surface area contributed by atoms with Gasteiger partial charge in [0.25, 0.3) is 11.8 Å². The SMILES string of the molecule is O=C1c2ccccc2C(=O)N1/N=C\c1ccc(Br)cc1. The average Bonchev–Trinajstić information content (AvgIpc) is 2.71. The van der Waals surface area contributed by atoms with Crippen LogP contribution < -0.4 is 0 Å². The molecule has 0 atom stereocenters. The first kappa shape index (κ1) is 12.7. The van der Waals surface area contributed by atoms with Crippen molar-refractivity contribution in [3.05, 3.63) is 69.7 Å². The molecule has 98 valence electrons. The van der Waals surface area contributed by atoms with E-state index in [4.69, 9.17) is 0 Å². The molecule has 0 spiro atoms. The number of amides is 2. The molecule has 0 fully saturated rings. The van der Waals surface area contributed by atoms with Crippen LogP contribution in [0.1, 0.15) is 26.3 Å². The molecule has 20 heavy (non-hydrogen) atoms. The van der Waals surface area contributed by atoms with Gasteiger partial charge in [0.1, 0.15) is 0 Å². The second-order valence-electron chi connectivity index (χ2n) is 4.26. The van der Waals surface area contributed by atoms with Crippen LogP contribution >= 0.6 is 15.9 Å². The summed E-state index contributed by atoms with van der Waals surface area (Å²) in [7, 11) is 0. The van der Waals surface area contributed by atoms with Crippen molar-refractivity contribution in [2.75, 3.05) is 0 Å². The monoisotopic (exact) mass is 328 g/mol. The number of rotatable bonds is 2. The second-order valence-corrected chi connectivity index (χ2v) is 5.18. The predicted octanol–water partition coefficient (Wildman–Crippen LogP) is 3.08. The second kappa shape index (κ2) is 5.02. The Morgan fingerprint density at radius 3 is 2.00 bits per heavy atom. The summed E-state index contributed by atoms with van der Waals surface area (Å²) in [5.74, 6) is -0.780. The molecule has 2 amide bonds. The summed E-state index contributed by atoms with van der Waals surface area (Å²) in [6.07, 6.45) is 1.49. The quantitative estimate of drug-likeness (QED) is 0.628. The highest BCUT2D eigenvalue weighted by Crippen LogP contribution is 2.22. The number of imide groups is 1. The van der Waals surface area contributed by atoms with E-state index in [0.29, 0.717) is 11.1 Å². The van der Waals surface area contributed by atoms with Crippen LogP contribution in [0, 0.1) is 0 Å². The van der Waals surface area contributed by atoms with E-state index in [2.05, 4.69) is 21.0 Å². The zero-order chi connectivity index (χ0) is 14.1. The Bertz CT molecular complexity index is 688. The van der Waals surface area contributed by atoms with E-state index >= 15 is 0 Å². The molecule has 0 aliphatic carbocycles. The lowest BCUT2D eigenvalue weighted by atomic mass is 10.1. The van der Waals surface area contributed by atoms with Gasteiger partial charge in [-0.1, -0.05) is 40.2 Å². The number of nitrogens with zero attached hydrogens (tertiary/aromatic N) is 2. The average molecular weight is 329 g/mol. The van der Waals surface area contributed by atoms with Crippen molar-refractivity contribution in [1.82, 2.24) is 5.01 Å². The Morgan fingerprint density at radius 1 is 0.900 bits per heavy atom. The van der Waals surface area contributed by atoms with Crippen molar-refractivity contribution < 1.29 is 9.59 Å². The summed E-state index contributed by atoms with van der Waals surface area (Å²) in [4.78, 5) is 24.1. The topological polar surface area (TPSA) is 49.7 Å². The van der Waals surface area contributed by atoms with Gasteiger partial charge in [-0.2, -0.15) is 10.1 Å². The molecule has 2 aromatic carbocycles. The number of hydrazone groups is 1. The molecule has 1 heterocycles. The number of hydrogen-bond donors (Lipinski definition) is 0. The number of halogens is 1. The minimum absolute atomic E-state index is 0.390. The first-order valence-electron chi connectivity index (χ1n) is 5.94. The van der Waals surface area contributed by atoms with Crippen LogP contribution in [-0.2, 0) is 0 Å². The molecule has 0 N–H and O–H groups in total. The summed E-state index contributed by atoms with van der Waals surface area (Å²) in [6.45, 7) is 0. The highest BCUT2D eigenvalue weighted by Gasteiger charge is 2.35. The van der Waals surface area contributed by atoms with Gasteiger partial charge in [0.2, 0.25) is 0 Å². The molecule has 0 saturated heterocycles. The molecule has 0 radical (unpaired) electrons. The summed E-state index contributed by atoms with van der Waals surface area (Å²) >= 11 is 3.34. The van der Waals surface area contributed by atoms with E-state index in [0.717, 1.165) is 15.0 Å². The van der Waals surface area contributed by atoms with Gasteiger partial charge in [0.15, 0.2) is 0 Å². The number of carbonyl (C=O) groups is 2. The van der Waals surface area contributed by atoms with E-state index in [1.807, 2.05) is 24.3 Å². The van der Waals surface area contributed by atoms with Crippen molar-refractivity contribution >= 4 is 34.0 Å². The lowest BCUT2D eigenvalue weighted by Gasteiger charge is -2.05. The molecule has 3 rings (SSSR count). The molecule has 0 aromatic heterocycles. The molecule has 5 heteroatoms. The molecular formula is C15H9BrN2O2. The fraction of sp³-hybridized carbons (Fsp3) is 0. The normalized spacial score (nSPS) is 14.2. The molecule has 1 aliphatic rings. The van der Waals surface area contributed by atoms with Gasteiger partial charge in [-0.25, -0.2) is 0 Å². The van der Waals surface area contributed by atoms with E-state index in [1.165, 1.54) is 6.21 Å². The maximum Gasteiger partial charge on any atom is 0.282 e. The van der Waals surface area contributed by atoms with Gasteiger partial charge < -0.3 is 0 Å². The molecule has 2 aromatic rings. The van der Waals surface area contributed by atoms with Crippen molar-refractivity contribution in [1.29, 1.82) is 0 Å². The number of carbonyl (C=O) groups excluding carboxylic acids is 2. The van der Waals surface area contributed by atoms with Crippen molar-refractivity contribution in [3.63, 3.8) is 0 Å². The summed E-state index contributed by atoms with van der Waals surface area (Å²) in [5.41, 5.74) is 1.60. The van der Waals surface area contributed by atoms with Crippen molar-refractivity contribution in [2.45, 2.75) is 0 Å². The van der Waals surface area contributed by atoms with Crippen molar-refractivity contribution in [2.24, 2.45) is 5.10 Å². The number of fused-ring (bicyclic) bond motifs is 1. The maximum atomic E-state index is 12.1. The van der Waals surface area contributed by atoms with Crippen LogP contribution in [0.15, 0.2) is 58.1 Å². The van der Waals surface area contributed by atoms with Gasteiger partial charge >= 0.3 is 0 Å². The van der Waals surface area contributed by atoms with Crippen LogP contribution in [0.25, 0.3) is 0 Å². The third kappa shape index (κ3) is 2.16. The number of hydrogen-bond acceptors (Lipinski definition) is 3. The lowest BCUT2D eigenvalue weighted by Crippen LogP contribution is -2.23. The Hall–Kier alpha value is -2.27. The predicted molar refractivity (Wildman–Crippen MR) is 78.7 cm³/mol. The molecule has 4 nitrogen and oxygen atoms in total. The fourth-order valence-electron chi connectivity index (χ4n) is 1.95. The molecule has 0 bridgehead atoms. The molecule has 0 unspecified atom stereocenters. The van der Waals surface area contributed by atoms with E-state index in [1.54, 1.807) is 24.3 Å². The van der Waals surface area contributed by atoms with E-state index in [-0.39, 0.29) is 11.8 Å². The van der Waals surface area contributed by atoms with Crippen LogP contribution in [0.5, 0.6) is 0 Å². The Morgan fingerprint density at radius 2 is 1.45 bits per heavy atom. The third-order valence-corrected chi connectivity index (χ3v) is 3.49. The molecular weight excluding hydrogens is 320 g/mol. The Labute approximate surface area is 123 Å². The largest absolute Gasteiger partial charge is 0.282 e. The zero-order valence-electron chi connectivity index (χ0n) is 10.3. The first-order chi connectivity index (χ1) is 9.66. The number of benzene rings is 2. The summed E-state index contributed by atoms with van der Waals surface area (Å²) in [5, 5.41) is 4.89. The third-order valence-electron chi connectivity index (χ3n) is 2.96. The minimum Gasteiger partial charge on any atom is -0.267 e. The van der Waals surface area contributed by atoms with Gasteiger partial charge in [-0.05, 0) is 29.8 Å². The van der Waals surface area contributed by atoms with Gasteiger partial charge in [0.05, 0.1) is 17.3 Å². The first-order valence-corrected chi connectivity index (χ1v) is 6.73. The smallest absolute Gasteiger partial charge is 0.267 e. The van der Waals surface area contributed by atoms with E-state index < -0.39 is 0 Å². The minimum atomic E-state index is -0.390. The van der Waals surface area contributed by atoms with Gasteiger partial charge in [-0.3, -0.25) is 9.59 Å². The molecule has 1 aliphatic heterocycles. The van der Waals surface area contributed by atoms with Crippen LogP contribution in [0.4, 0.5) is 0 Å². The van der Waals surface area contributed by atoms with Crippen LogP contribution in [0.3, 0.4) is 0 Å². The van der Waals surface area contributed by atoms with Crippen LogP contribution in [0.2, 0.25) is 0 Å². The fourth-order valence-corrected chi connectivity index (χ4v) is 2.22. The van der Waals surface area contributed by atoms with Crippen molar-refractivity contribution in [3.8, 4) is 0 Å². The van der Waals surface area contributed by atoms with Gasteiger partial charge in [0, 0.05) is 4.47 Å². The Balaban J connectivity index is 1.88. The highest BCUT2D eigenvalue weighted by molar-refractivity contribution is 9.10.